The summed E-state index contributed by atoms with van der Waals surface area (Å²) < 4.78 is 0. The van der Waals surface area contributed by atoms with E-state index in [4.69, 9.17) is 5.73 Å². The first-order chi connectivity index (χ1) is 11.1. The van der Waals surface area contributed by atoms with Gasteiger partial charge in [-0.1, -0.05) is 18.6 Å². The Kier molecular flexibility index (Phi) is 4.96. The molecule has 5 nitrogen and oxygen atoms in total. The van der Waals surface area contributed by atoms with Gasteiger partial charge in [-0.25, -0.2) is 0 Å². The molecular weight excluding hydrogens is 290 g/mol. The minimum atomic E-state index is -0.231. The summed E-state index contributed by atoms with van der Waals surface area (Å²) in [5, 5.41) is 0. The van der Waals surface area contributed by atoms with Crippen LogP contribution in [0.4, 0.5) is 0 Å². The Hall–Kier alpha value is -1.88. The van der Waals surface area contributed by atoms with E-state index in [0.717, 1.165) is 62.9 Å². The molecule has 0 spiro atoms. The van der Waals surface area contributed by atoms with Crippen LogP contribution in [-0.4, -0.2) is 47.3 Å². The minimum Gasteiger partial charge on any atom is -0.368 e. The number of nitrogens with zero attached hydrogens (tertiary/aromatic N) is 2. The molecule has 1 aromatic rings. The number of hydrogen-bond acceptors (Lipinski definition) is 3. The number of hydrogen-bond donors (Lipinski definition) is 1. The van der Waals surface area contributed by atoms with Gasteiger partial charge in [-0.15, -0.1) is 0 Å². The zero-order valence-electron chi connectivity index (χ0n) is 13.5. The summed E-state index contributed by atoms with van der Waals surface area (Å²) >= 11 is 0. The second-order valence-electron chi connectivity index (χ2n) is 6.58. The number of amides is 2. The first kappa shape index (κ1) is 16.0. The van der Waals surface area contributed by atoms with Crippen molar-refractivity contribution in [3.8, 4) is 0 Å². The number of nitrogens with two attached hydrogens (primary N) is 1. The van der Waals surface area contributed by atoms with Gasteiger partial charge in [-0.05, 0) is 49.9 Å². The second-order valence-corrected chi connectivity index (χ2v) is 6.58. The predicted molar refractivity (Wildman–Crippen MR) is 88.8 cm³/mol. The average molecular weight is 315 g/mol. The maximum atomic E-state index is 12.3. The Morgan fingerprint density at radius 2 is 1.65 bits per heavy atom. The van der Waals surface area contributed by atoms with Crippen LogP contribution in [0.2, 0.25) is 0 Å². The molecule has 0 aliphatic carbocycles. The van der Waals surface area contributed by atoms with Crippen molar-refractivity contribution in [1.29, 1.82) is 0 Å². The molecule has 2 aliphatic heterocycles. The molecule has 2 aliphatic rings. The number of carbonyl (C=O) groups is 2. The number of primary amides is 1. The van der Waals surface area contributed by atoms with Crippen LogP contribution in [0.15, 0.2) is 24.3 Å². The van der Waals surface area contributed by atoms with Crippen molar-refractivity contribution in [2.45, 2.75) is 44.7 Å². The Morgan fingerprint density at radius 3 is 2.30 bits per heavy atom. The van der Waals surface area contributed by atoms with Crippen LogP contribution in [0.5, 0.6) is 0 Å². The van der Waals surface area contributed by atoms with Gasteiger partial charge in [0.15, 0.2) is 0 Å². The fourth-order valence-corrected chi connectivity index (χ4v) is 3.59. The highest BCUT2D eigenvalue weighted by Crippen LogP contribution is 2.20. The number of piperidine rings is 1. The van der Waals surface area contributed by atoms with Gasteiger partial charge in [0.1, 0.15) is 0 Å². The molecule has 3 rings (SSSR count). The summed E-state index contributed by atoms with van der Waals surface area (Å²) in [7, 11) is 0. The van der Waals surface area contributed by atoms with Gasteiger partial charge < -0.3 is 10.6 Å². The van der Waals surface area contributed by atoms with Crippen molar-refractivity contribution >= 4 is 11.8 Å². The van der Waals surface area contributed by atoms with Crippen molar-refractivity contribution in [1.82, 2.24) is 9.80 Å². The molecule has 2 amide bonds. The predicted octanol–water partition coefficient (Wildman–Crippen LogP) is 1.76. The van der Waals surface area contributed by atoms with E-state index in [1.165, 1.54) is 0 Å². The maximum absolute atomic E-state index is 12.3. The first-order valence-electron chi connectivity index (χ1n) is 8.57. The number of benzene rings is 1. The lowest BCUT2D eigenvalue weighted by molar-refractivity contribution is -0.124. The molecule has 0 bridgehead atoms. The minimum absolute atomic E-state index is 0.127. The van der Waals surface area contributed by atoms with E-state index in [1.807, 2.05) is 29.2 Å². The fraction of sp³-hybridized carbons (Fsp3) is 0.556. The second kappa shape index (κ2) is 7.13. The average Bonchev–Trinajstić information content (AvgIpc) is 3.10. The molecule has 2 heterocycles. The van der Waals surface area contributed by atoms with Crippen molar-refractivity contribution in [2.24, 2.45) is 5.73 Å². The highest BCUT2D eigenvalue weighted by molar-refractivity contribution is 5.94. The van der Waals surface area contributed by atoms with Crippen molar-refractivity contribution in [3.05, 3.63) is 35.4 Å². The number of likely N-dealkylation sites (tertiary alicyclic amines) is 2. The molecule has 2 fully saturated rings. The molecule has 1 aromatic carbocycles. The van der Waals surface area contributed by atoms with E-state index in [2.05, 4.69) is 4.90 Å². The molecular formula is C18H25N3O2. The SMILES string of the molecule is NC(=O)C1CCCCN1Cc1ccc(C(=O)N2CCCC2)cc1. The summed E-state index contributed by atoms with van der Waals surface area (Å²) in [5.74, 6) is -0.104. The van der Waals surface area contributed by atoms with Crippen LogP contribution in [0.1, 0.15) is 48.0 Å². The van der Waals surface area contributed by atoms with E-state index >= 15 is 0 Å². The molecule has 2 N–H and O–H groups in total. The van der Waals surface area contributed by atoms with E-state index in [-0.39, 0.29) is 17.9 Å². The van der Waals surface area contributed by atoms with Crippen LogP contribution in [0.25, 0.3) is 0 Å². The topological polar surface area (TPSA) is 66.6 Å². The fourth-order valence-electron chi connectivity index (χ4n) is 3.59. The number of carbonyl (C=O) groups excluding carboxylic acids is 2. The van der Waals surface area contributed by atoms with Crippen molar-refractivity contribution in [3.63, 3.8) is 0 Å². The first-order valence-corrected chi connectivity index (χ1v) is 8.57. The van der Waals surface area contributed by atoms with E-state index in [1.54, 1.807) is 0 Å². The van der Waals surface area contributed by atoms with Gasteiger partial charge in [0, 0.05) is 25.2 Å². The third kappa shape index (κ3) is 3.72. The Labute approximate surface area is 137 Å². The van der Waals surface area contributed by atoms with Gasteiger partial charge in [-0.2, -0.15) is 0 Å². The summed E-state index contributed by atoms with van der Waals surface area (Å²) in [6, 6.07) is 7.64. The molecule has 0 aromatic heterocycles. The lowest BCUT2D eigenvalue weighted by Gasteiger charge is -2.33. The highest BCUT2D eigenvalue weighted by Gasteiger charge is 2.26. The maximum Gasteiger partial charge on any atom is 0.253 e. The molecule has 124 valence electrons. The monoisotopic (exact) mass is 315 g/mol. The standard InChI is InChI=1S/C18H25N3O2/c19-17(22)16-5-1-2-12-21(16)13-14-6-8-15(9-7-14)18(23)20-10-3-4-11-20/h6-9,16H,1-5,10-13H2,(H2,19,22). The smallest absolute Gasteiger partial charge is 0.253 e. The van der Waals surface area contributed by atoms with Crippen LogP contribution in [0.3, 0.4) is 0 Å². The summed E-state index contributed by atoms with van der Waals surface area (Å²) in [6.45, 7) is 3.36. The van der Waals surface area contributed by atoms with Crippen LogP contribution in [0, 0.1) is 0 Å². The highest BCUT2D eigenvalue weighted by atomic mass is 16.2. The van der Waals surface area contributed by atoms with Crippen molar-refractivity contribution < 1.29 is 9.59 Å². The van der Waals surface area contributed by atoms with E-state index < -0.39 is 0 Å². The third-order valence-electron chi connectivity index (χ3n) is 4.92. The van der Waals surface area contributed by atoms with Crippen molar-refractivity contribution in [2.75, 3.05) is 19.6 Å². The molecule has 0 radical (unpaired) electrons. The quantitative estimate of drug-likeness (QED) is 0.920. The van der Waals surface area contributed by atoms with E-state index in [0.29, 0.717) is 6.54 Å². The van der Waals surface area contributed by atoms with Gasteiger partial charge in [0.2, 0.25) is 5.91 Å². The van der Waals surface area contributed by atoms with Gasteiger partial charge >= 0.3 is 0 Å². The summed E-state index contributed by atoms with van der Waals surface area (Å²) in [6.07, 6.45) is 5.23. The lowest BCUT2D eigenvalue weighted by atomic mass is 10.0. The van der Waals surface area contributed by atoms with Crippen LogP contribution < -0.4 is 5.73 Å². The Morgan fingerprint density at radius 1 is 1.00 bits per heavy atom. The Bertz CT molecular complexity index is 564. The van der Waals surface area contributed by atoms with Gasteiger partial charge in [0.05, 0.1) is 6.04 Å². The van der Waals surface area contributed by atoms with E-state index in [9.17, 15) is 9.59 Å². The van der Waals surface area contributed by atoms with Gasteiger partial charge in [-0.3, -0.25) is 14.5 Å². The van der Waals surface area contributed by atoms with Crippen LogP contribution >= 0.6 is 0 Å². The Balaban J connectivity index is 1.64. The molecule has 5 heteroatoms. The third-order valence-corrected chi connectivity index (χ3v) is 4.92. The number of rotatable bonds is 4. The lowest BCUT2D eigenvalue weighted by Crippen LogP contribution is -2.47. The molecule has 2 saturated heterocycles. The normalized spacial score (nSPS) is 22.3. The summed E-state index contributed by atoms with van der Waals surface area (Å²) in [4.78, 5) is 28.0. The zero-order valence-corrected chi connectivity index (χ0v) is 13.5. The van der Waals surface area contributed by atoms with Crippen LogP contribution in [-0.2, 0) is 11.3 Å². The van der Waals surface area contributed by atoms with Gasteiger partial charge in [0.25, 0.3) is 5.91 Å². The summed E-state index contributed by atoms with van der Waals surface area (Å²) in [5.41, 5.74) is 7.39. The molecule has 1 unspecified atom stereocenters. The molecule has 23 heavy (non-hydrogen) atoms. The molecule has 1 atom stereocenters. The molecule has 0 saturated carbocycles. The zero-order chi connectivity index (χ0) is 16.2. The largest absolute Gasteiger partial charge is 0.368 e.